The molecule has 0 saturated carbocycles. The average molecular weight is 326 g/mol. The highest BCUT2D eigenvalue weighted by atomic mass is 79.9. The largest absolute Gasteiger partial charge is 0.465 e. The van der Waals surface area contributed by atoms with Crippen molar-refractivity contribution in [2.45, 2.75) is 13.3 Å². The molecule has 1 amide bonds. The molecule has 1 aliphatic rings. The van der Waals surface area contributed by atoms with Gasteiger partial charge in [-0.1, -0.05) is 28.1 Å². The van der Waals surface area contributed by atoms with Crippen LogP contribution >= 0.6 is 15.9 Å². The number of nitrogens with zero attached hydrogens (tertiary/aromatic N) is 1. The zero-order valence-corrected chi connectivity index (χ0v) is 12.6. The molecule has 1 aliphatic heterocycles. The van der Waals surface area contributed by atoms with Crippen molar-refractivity contribution in [3.8, 4) is 0 Å². The zero-order chi connectivity index (χ0) is 14.0. The number of carbonyl (C=O) groups excluding carboxylic acids is 2. The van der Waals surface area contributed by atoms with Gasteiger partial charge in [-0.2, -0.15) is 0 Å². The van der Waals surface area contributed by atoms with Crippen molar-refractivity contribution in [1.29, 1.82) is 0 Å². The van der Waals surface area contributed by atoms with Gasteiger partial charge in [0.05, 0.1) is 18.4 Å². The van der Waals surface area contributed by atoms with E-state index in [9.17, 15) is 9.59 Å². The molecule has 1 heterocycles. The minimum absolute atomic E-state index is 0.0557. The fraction of sp³-hybridized carbons (Fsp3) is 0.429. The van der Waals surface area contributed by atoms with Gasteiger partial charge in [0.2, 0.25) is 5.91 Å². The second-order valence-electron chi connectivity index (χ2n) is 4.69. The zero-order valence-electron chi connectivity index (χ0n) is 11.0. The topological polar surface area (TPSA) is 46.6 Å². The van der Waals surface area contributed by atoms with Crippen LogP contribution in [0.2, 0.25) is 0 Å². The highest BCUT2D eigenvalue weighted by molar-refractivity contribution is 9.09. The van der Waals surface area contributed by atoms with E-state index in [4.69, 9.17) is 4.74 Å². The molecule has 5 heteroatoms. The summed E-state index contributed by atoms with van der Waals surface area (Å²) in [4.78, 5) is 25.7. The molecule has 0 bridgehead atoms. The number of anilines is 1. The molecular weight excluding hydrogens is 310 g/mol. The minimum Gasteiger partial charge on any atom is -0.465 e. The molecule has 1 aromatic rings. The number of aryl methyl sites for hydroxylation is 1. The second-order valence-corrected chi connectivity index (χ2v) is 5.34. The van der Waals surface area contributed by atoms with Crippen LogP contribution in [0.5, 0.6) is 0 Å². The van der Waals surface area contributed by atoms with Crippen LogP contribution in [-0.4, -0.2) is 30.9 Å². The first-order valence-electron chi connectivity index (χ1n) is 6.12. The number of carbonyl (C=O) groups is 2. The van der Waals surface area contributed by atoms with Crippen LogP contribution in [0.25, 0.3) is 0 Å². The van der Waals surface area contributed by atoms with Crippen LogP contribution in [0.3, 0.4) is 0 Å². The molecule has 0 radical (unpaired) electrons. The molecule has 1 aromatic carbocycles. The maximum Gasteiger partial charge on any atom is 0.340 e. The van der Waals surface area contributed by atoms with Crippen molar-refractivity contribution in [3.63, 3.8) is 0 Å². The summed E-state index contributed by atoms with van der Waals surface area (Å²) in [6.45, 7) is 2.48. The third-order valence-corrected chi connectivity index (χ3v) is 4.27. The molecule has 2 rings (SSSR count). The summed E-state index contributed by atoms with van der Waals surface area (Å²) in [7, 11) is 1.35. The Bertz CT molecular complexity index is 515. The predicted octanol–water partition coefficient (Wildman–Crippen LogP) is 2.53. The van der Waals surface area contributed by atoms with E-state index < -0.39 is 5.97 Å². The van der Waals surface area contributed by atoms with Crippen molar-refractivity contribution in [3.05, 3.63) is 29.3 Å². The van der Waals surface area contributed by atoms with E-state index in [2.05, 4.69) is 15.9 Å². The SMILES string of the molecule is COC(=O)c1c(C)cccc1N1CC(CBr)CC1=O. The van der Waals surface area contributed by atoms with E-state index in [0.29, 0.717) is 30.1 Å². The van der Waals surface area contributed by atoms with E-state index in [0.717, 1.165) is 10.9 Å². The third-order valence-electron chi connectivity index (χ3n) is 3.35. The number of rotatable bonds is 3. The van der Waals surface area contributed by atoms with E-state index >= 15 is 0 Å². The fourth-order valence-electron chi connectivity index (χ4n) is 2.36. The number of hydrogen-bond donors (Lipinski definition) is 0. The Hall–Kier alpha value is -1.36. The van der Waals surface area contributed by atoms with Gasteiger partial charge in [-0.25, -0.2) is 4.79 Å². The summed E-state index contributed by atoms with van der Waals surface area (Å²) in [5.41, 5.74) is 1.95. The third kappa shape index (κ3) is 2.66. The molecular formula is C14H16BrNO3. The van der Waals surface area contributed by atoms with Crippen LogP contribution in [0.15, 0.2) is 18.2 Å². The molecule has 0 spiro atoms. The van der Waals surface area contributed by atoms with Crippen molar-refractivity contribution >= 4 is 33.5 Å². The summed E-state index contributed by atoms with van der Waals surface area (Å²) in [6, 6.07) is 5.50. The monoisotopic (exact) mass is 325 g/mol. The van der Waals surface area contributed by atoms with Crippen LogP contribution in [-0.2, 0) is 9.53 Å². The second kappa shape index (κ2) is 5.74. The summed E-state index contributed by atoms with van der Waals surface area (Å²) in [5.74, 6) is -0.0538. The predicted molar refractivity (Wildman–Crippen MR) is 76.8 cm³/mol. The molecule has 0 aliphatic carbocycles. The van der Waals surface area contributed by atoms with Crippen molar-refractivity contribution in [2.24, 2.45) is 5.92 Å². The first-order chi connectivity index (χ1) is 9.08. The fourth-order valence-corrected chi connectivity index (χ4v) is 2.80. The van der Waals surface area contributed by atoms with Gasteiger partial charge in [-0.3, -0.25) is 4.79 Å². The Morgan fingerprint density at radius 1 is 1.53 bits per heavy atom. The molecule has 1 fully saturated rings. The van der Waals surface area contributed by atoms with Gasteiger partial charge in [0.15, 0.2) is 0 Å². The van der Waals surface area contributed by atoms with E-state index in [-0.39, 0.29) is 5.91 Å². The van der Waals surface area contributed by atoms with E-state index in [1.807, 2.05) is 19.1 Å². The number of ether oxygens (including phenoxy) is 1. The lowest BCUT2D eigenvalue weighted by Crippen LogP contribution is -2.27. The van der Waals surface area contributed by atoms with Gasteiger partial charge in [0.25, 0.3) is 0 Å². The van der Waals surface area contributed by atoms with Crippen LogP contribution < -0.4 is 4.90 Å². The van der Waals surface area contributed by atoms with Crippen molar-refractivity contribution < 1.29 is 14.3 Å². The summed E-state index contributed by atoms with van der Waals surface area (Å²) in [6.07, 6.45) is 0.514. The molecule has 102 valence electrons. The molecule has 0 aromatic heterocycles. The maximum absolute atomic E-state index is 12.1. The van der Waals surface area contributed by atoms with Crippen LogP contribution in [0, 0.1) is 12.8 Å². The van der Waals surface area contributed by atoms with Gasteiger partial charge in [0, 0.05) is 18.3 Å². The van der Waals surface area contributed by atoms with Gasteiger partial charge < -0.3 is 9.64 Å². The Morgan fingerprint density at radius 2 is 2.26 bits per heavy atom. The number of halogens is 1. The van der Waals surface area contributed by atoms with E-state index in [1.54, 1.807) is 11.0 Å². The molecule has 19 heavy (non-hydrogen) atoms. The lowest BCUT2D eigenvalue weighted by atomic mass is 10.1. The minimum atomic E-state index is -0.400. The number of benzene rings is 1. The lowest BCUT2D eigenvalue weighted by Gasteiger charge is -2.20. The Kier molecular flexibility index (Phi) is 4.24. The summed E-state index contributed by atoms with van der Waals surface area (Å²) < 4.78 is 4.82. The van der Waals surface area contributed by atoms with Gasteiger partial charge in [-0.15, -0.1) is 0 Å². The molecule has 1 saturated heterocycles. The lowest BCUT2D eigenvalue weighted by molar-refractivity contribution is -0.117. The van der Waals surface area contributed by atoms with E-state index in [1.165, 1.54) is 7.11 Å². The number of esters is 1. The highest BCUT2D eigenvalue weighted by Crippen LogP contribution is 2.30. The number of alkyl halides is 1. The first-order valence-corrected chi connectivity index (χ1v) is 7.25. The average Bonchev–Trinajstić information content (AvgIpc) is 2.79. The van der Waals surface area contributed by atoms with Gasteiger partial charge >= 0.3 is 5.97 Å². The smallest absolute Gasteiger partial charge is 0.340 e. The number of methoxy groups -OCH3 is 1. The normalized spacial score (nSPS) is 18.8. The Labute approximate surface area is 120 Å². The van der Waals surface area contributed by atoms with Gasteiger partial charge in [0.1, 0.15) is 0 Å². The summed E-state index contributed by atoms with van der Waals surface area (Å²) in [5, 5.41) is 0.786. The van der Waals surface area contributed by atoms with Crippen LogP contribution in [0.4, 0.5) is 5.69 Å². The van der Waals surface area contributed by atoms with Crippen molar-refractivity contribution in [1.82, 2.24) is 0 Å². The highest BCUT2D eigenvalue weighted by Gasteiger charge is 2.32. The molecule has 4 nitrogen and oxygen atoms in total. The number of amides is 1. The Morgan fingerprint density at radius 3 is 2.84 bits per heavy atom. The standard InChI is InChI=1S/C14H16BrNO3/c1-9-4-3-5-11(13(9)14(18)19-2)16-8-10(7-15)6-12(16)17/h3-5,10H,6-8H2,1-2H3. The molecule has 1 unspecified atom stereocenters. The summed E-state index contributed by atoms with van der Waals surface area (Å²) >= 11 is 3.41. The van der Waals surface area contributed by atoms with Crippen molar-refractivity contribution in [2.75, 3.05) is 23.9 Å². The maximum atomic E-state index is 12.1. The quantitative estimate of drug-likeness (QED) is 0.633. The molecule has 1 atom stereocenters. The molecule has 0 N–H and O–H groups in total. The van der Waals surface area contributed by atoms with Crippen LogP contribution in [0.1, 0.15) is 22.3 Å². The number of hydrogen-bond acceptors (Lipinski definition) is 3. The van der Waals surface area contributed by atoms with Gasteiger partial charge in [-0.05, 0) is 24.5 Å². The first kappa shape index (κ1) is 14.1. The Balaban J connectivity index is 2.43.